The van der Waals surface area contributed by atoms with Crippen molar-refractivity contribution in [2.24, 2.45) is 5.73 Å². The average Bonchev–Trinajstić information content (AvgIpc) is 2.39. The molecule has 1 aliphatic heterocycles. The van der Waals surface area contributed by atoms with E-state index in [0.29, 0.717) is 22.8 Å². The predicted molar refractivity (Wildman–Crippen MR) is 77.5 cm³/mol. The Balaban J connectivity index is 2.01. The summed E-state index contributed by atoms with van der Waals surface area (Å²) in [5, 5.41) is 0.373. The Labute approximate surface area is 122 Å². The van der Waals surface area contributed by atoms with Crippen molar-refractivity contribution in [1.29, 1.82) is 0 Å². The molecule has 4 heteroatoms. The normalized spacial score (nSPS) is 21.2. The third-order valence-electron chi connectivity index (χ3n) is 3.62. The largest absolute Gasteiger partial charge is 0.485 e. The van der Waals surface area contributed by atoms with Gasteiger partial charge in [-0.15, -0.1) is 0 Å². The molecule has 0 aromatic heterocycles. The number of ether oxygens (including phenoxy) is 1. The van der Waals surface area contributed by atoms with E-state index >= 15 is 0 Å². The number of hydrogen-bond acceptors (Lipinski definition) is 2. The number of aryl methyl sites for hydroxylation is 1. The Bertz CT molecular complexity index is 639. The Morgan fingerprint density at radius 1 is 1.30 bits per heavy atom. The fourth-order valence-corrected chi connectivity index (χ4v) is 2.90. The third-order valence-corrected chi connectivity index (χ3v) is 3.95. The molecule has 2 aromatic rings. The van der Waals surface area contributed by atoms with Crippen molar-refractivity contribution >= 4 is 11.6 Å². The average molecular weight is 292 g/mol. The van der Waals surface area contributed by atoms with Crippen molar-refractivity contribution in [3.05, 3.63) is 63.9 Å². The lowest BCUT2D eigenvalue weighted by atomic mass is 9.92. The quantitative estimate of drug-likeness (QED) is 0.849. The van der Waals surface area contributed by atoms with Crippen LogP contribution in [0, 0.1) is 12.7 Å². The van der Waals surface area contributed by atoms with Gasteiger partial charge in [-0.3, -0.25) is 0 Å². The second kappa shape index (κ2) is 5.08. The van der Waals surface area contributed by atoms with Crippen LogP contribution in [0.3, 0.4) is 0 Å². The van der Waals surface area contributed by atoms with E-state index in [0.717, 1.165) is 11.1 Å². The molecule has 2 nitrogen and oxygen atoms in total. The van der Waals surface area contributed by atoms with Crippen LogP contribution in [0.4, 0.5) is 4.39 Å². The van der Waals surface area contributed by atoms with Gasteiger partial charge in [0.1, 0.15) is 17.7 Å². The van der Waals surface area contributed by atoms with Crippen LogP contribution in [0.1, 0.15) is 35.3 Å². The van der Waals surface area contributed by atoms with E-state index in [2.05, 4.69) is 0 Å². The molecule has 0 fully saturated rings. The minimum Gasteiger partial charge on any atom is -0.485 e. The van der Waals surface area contributed by atoms with E-state index in [1.807, 2.05) is 25.1 Å². The minimum atomic E-state index is -0.450. The minimum absolute atomic E-state index is 0.181. The molecule has 0 spiro atoms. The zero-order valence-electron chi connectivity index (χ0n) is 11.1. The molecule has 104 valence electrons. The van der Waals surface area contributed by atoms with Gasteiger partial charge in [-0.25, -0.2) is 4.39 Å². The molecule has 0 radical (unpaired) electrons. The lowest BCUT2D eigenvalue weighted by Gasteiger charge is -2.31. The molecule has 1 aliphatic rings. The maximum Gasteiger partial charge on any atom is 0.131 e. The summed E-state index contributed by atoms with van der Waals surface area (Å²) in [6.07, 6.45) is 0.0609. The van der Waals surface area contributed by atoms with Gasteiger partial charge < -0.3 is 10.5 Å². The summed E-state index contributed by atoms with van der Waals surface area (Å²) >= 11 is 6.10. The fourth-order valence-electron chi connectivity index (χ4n) is 2.62. The lowest BCUT2D eigenvalue weighted by Crippen LogP contribution is -2.25. The smallest absolute Gasteiger partial charge is 0.131 e. The van der Waals surface area contributed by atoms with E-state index in [4.69, 9.17) is 22.1 Å². The van der Waals surface area contributed by atoms with Crippen LogP contribution in [0.5, 0.6) is 5.75 Å². The van der Waals surface area contributed by atoms with Crippen molar-refractivity contribution in [2.75, 3.05) is 0 Å². The zero-order chi connectivity index (χ0) is 14.3. The first kappa shape index (κ1) is 13.4. The molecular formula is C16H15ClFNO. The summed E-state index contributed by atoms with van der Waals surface area (Å²) in [6, 6.07) is 10.3. The zero-order valence-corrected chi connectivity index (χ0v) is 11.8. The number of nitrogens with two attached hydrogens (primary N) is 1. The predicted octanol–water partition coefficient (Wildman–Crippen LogP) is 4.31. The molecular weight excluding hydrogens is 277 g/mol. The highest BCUT2D eigenvalue weighted by Gasteiger charge is 2.30. The van der Waals surface area contributed by atoms with E-state index in [1.54, 1.807) is 12.1 Å². The molecule has 2 aromatic carbocycles. The molecule has 1 heterocycles. The van der Waals surface area contributed by atoms with Crippen LogP contribution < -0.4 is 10.5 Å². The summed E-state index contributed by atoms with van der Waals surface area (Å²) in [5.41, 5.74) is 8.68. The van der Waals surface area contributed by atoms with Crippen LogP contribution in [0.2, 0.25) is 5.02 Å². The molecule has 3 rings (SSSR count). The Morgan fingerprint density at radius 3 is 2.85 bits per heavy atom. The molecule has 0 aliphatic carbocycles. The summed E-state index contributed by atoms with van der Waals surface area (Å²) in [4.78, 5) is 0. The highest BCUT2D eigenvalue weighted by atomic mass is 35.5. The molecule has 0 bridgehead atoms. The van der Waals surface area contributed by atoms with Crippen LogP contribution in [-0.2, 0) is 0 Å². The van der Waals surface area contributed by atoms with Gasteiger partial charge in [0.05, 0.1) is 5.02 Å². The first-order valence-corrected chi connectivity index (χ1v) is 6.90. The summed E-state index contributed by atoms with van der Waals surface area (Å²) in [7, 11) is 0. The van der Waals surface area contributed by atoms with Crippen molar-refractivity contribution in [1.82, 2.24) is 0 Å². The molecule has 0 saturated heterocycles. The summed E-state index contributed by atoms with van der Waals surface area (Å²) in [5.74, 6) is 0.351. The molecule has 2 atom stereocenters. The van der Waals surface area contributed by atoms with E-state index < -0.39 is 6.10 Å². The van der Waals surface area contributed by atoms with Gasteiger partial charge >= 0.3 is 0 Å². The second-order valence-electron chi connectivity index (χ2n) is 5.13. The molecule has 2 N–H and O–H groups in total. The maximum atomic E-state index is 14.0. The first-order chi connectivity index (χ1) is 9.56. The third kappa shape index (κ3) is 2.28. The highest BCUT2D eigenvalue weighted by molar-refractivity contribution is 6.31. The van der Waals surface area contributed by atoms with Gasteiger partial charge in [-0.2, -0.15) is 0 Å². The van der Waals surface area contributed by atoms with Gasteiger partial charge in [-0.05, 0) is 25.1 Å². The first-order valence-electron chi connectivity index (χ1n) is 6.53. The molecule has 0 amide bonds. The van der Waals surface area contributed by atoms with Crippen molar-refractivity contribution < 1.29 is 9.13 Å². The number of fused-ring (bicyclic) bond motifs is 1. The monoisotopic (exact) mass is 291 g/mol. The van der Waals surface area contributed by atoms with Crippen molar-refractivity contribution in [2.45, 2.75) is 25.5 Å². The van der Waals surface area contributed by atoms with E-state index in [9.17, 15) is 4.39 Å². The number of rotatable bonds is 1. The molecule has 20 heavy (non-hydrogen) atoms. The molecule has 1 unspecified atom stereocenters. The van der Waals surface area contributed by atoms with Gasteiger partial charge in [0.25, 0.3) is 0 Å². The summed E-state index contributed by atoms with van der Waals surface area (Å²) < 4.78 is 19.9. The SMILES string of the molecule is Cc1ccc2c(c1)[C@@H](N)CC(c1c(F)cccc1Cl)O2. The van der Waals surface area contributed by atoms with Crippen LogP contribution in [0.15, 0.2) is 36.4 Å². The topological polar surface area (TPSA) is 35.2 Å². The maximum absolute atomic E-state index is 14.0. The van der Waals surface area contributed by atoms with Gasteiger partial charge in [-0.1, -0.05) is 35.4 Å². The Hall–Kier alpha value is -1.58. The van der Waals surface area contributed by atoms with Crippen molar-refractivity contribution in [3.8, 4) is 5.75 Å². The number of hydrogen-bond donors (Lipinski definition) is 1. The van der Waals surface area contributed by atoms with Gasteiger partial charge in [0, 0.05) is 23.6 Å². The van der Waals surface area contributed by atoms with Crippen molar-refractivity contribution in [3.63, 3.8) is 0 Å². The van der Waals surface area contributed by atoms with E-state index in [-0.39, 0.29) is 11.9 Å². The van der Waals surface area contributed by atoms with Crippen LogP contribution in [0.25, 0.3) is 0 Å². The number of benzene rings is 2. The standard InChI is InChI=1S/C16H15ClFNO/c1-9-5-6-14-10(7-9)13(19)8-15(20-14)16-11(17)3-2-4-12(16)18/h2-7,13,15H,8,19H2,1H3/t13-,15?/m0/s1. The fraction of sp³-hybridized carbons (Fsp3) is 0.250. The Morgan fingerprint density at radius 2 is 2.10 bits per heavy atom. The van der Waals surface area contributed by atoms with Crippen LogP contribution >= 0.6 is 11.6 Å². The van der Waals surface area contributed by atoms with Gasteiger partial charge in [0.15, 0.2) is 0 Å². The van der Waals surface area contributed by atoms with Gasteiger partial charge in [0.2, 0.25) is 0 Å². The second-order valence-corrected chi connectivity index (χ2v) is 5.53. The highest BCUT2D eigenvalue weighted by Crippen LogP contribution is 2.42. The van der Waals surface area contributed by atoms with E-state index in [1.165, 1.54) is 6.07 Å². The number of halogens is 2. The molecule has 0 saturated carbocycles. The summed E-state index contributed by atoms with van der Waals surface area (Å²) in [6.45, 7) is 2.01. The van der Waals surface area contributed by atoms with Crippen LogP contribution in [-0.4, -0.2) is 0 Å². The lowest BCUT2D eigenvalue weighted by molar-refractivity contribution is 0.157. The Kier molecular flexibility index (Phi) is 3.40.